The van der Waals surface area contributed by atoms with Crippen LogP contribution in [0, 0.1) is 27.3 Å². The molecule has 8 nitrogen and oxygen atoms in total. The third kappa shape index (κ3) is 7.79. The summed E-state index contributed by atoms with van der Waals surface area (Å²) in [6.45, 7) is 1.85. The maximum atomic E-state index is 14.4. The lowest BCUT2D eigenvalue weighted by molar-refractivity contribution is -0.386. The molecular weight excluding hydrogens is 577 g/mol. The Balaban J connectivity index is 2.63. The minimum absolute atomic E-state index is 0.0751. The van der Waals surface area contributed by atoms with Crippen molar-refractivity contribution in [1.29, 1.82) is 5.26 Å². The Morgan fingerprint density at radius 2 is 2.00 bits per heavy atom. The van der Waals surface area contributed by atoms with Crippen molar-refractivity contribution in [3.05, 3.63) is 61.3 Å². The smallest absolute Gasteiger partial charge is 0.387 e. The lowest BCUT2D eigenvalue weighted by Crippen LogP contribution is -2.40. The van der Waals surface area contributed by atoms with E-state index in [0.29, 0.717) is 0 Å². The fraction of sp³-hybridized carbons (Fsp3) is 0.381. The van der Waals surface area contributed by atoms with Crippen molar-refractivity contribution in [1.82, 2.24) is 4.72 Å². The van der Waals surface area contributed by atoms with Crippen LogP contribution in [-0.4, -0.2) is 26.5 Å². The first-order valence-electron chi connectivity index (χ1n) is 9.95. The van der Waals surface area contributed by atoms with E-state index in [1.165, 1.54) is 18.2 Å². The first-order chi connectivity index (χ1) is 16.2. The molecule has 35 heavy (non-hydrogen) atoms. The summed E-state index contributed by atoms with van der Waals surface area (Å²) in [7, 11) is -1.68. The molecule has 0 aliphatic heterocycles. The van der Waals surface area contributed by atoms with Crippen LogP contribution in [0.4, 0.5) is 24.5 Å². The first kappa shape index (κ1) is 28.8. The molecule has 1 unspecified atom stereocenters. The summed E-state index contributed by atoms with van der Waals surface area (Å²) in [5.41, 5.74) is -1.20. The zero-order valence-corrected chi connectivity index (χ0v) is 21.8. The number of nitriles is 1. The van der Waals surface area contributed by atoms with Gasteiger partial charge in [0, 0.05) is 21.5 Å². The van der Waals surface area contributed by atoms with Gasteiger partial charge in [-0.3, -0.25) is 10.1 Å². The topological polar surface area (TPSA) is 117 Å². The molecule has 0 heterocycles. The predicted molar refractivity (Wildman–Crippen MR) is 130 cm³/mol. The maximum Gasteiger partial charge on any atom is 0.387 e. The van der Waals surface area contributed by atoms with E-state index in [1.807, 2.05) is 6.07 Å². The number of nitrogens with zero attached hydrogens (tertiary/aromatic N) is 2. The SMILES string of the molecule is CC(C)(C)[S@@](=O)NC(C#N)C[C@@H](Nc1cc(Cl)cc(F)c1[N+](=O)[O-])c1c(Br)cccc1OC(F)F. The van der Waals surface area contributed by atoms with Crippen LogP contribution in [0.25, 0.3) is 0 Å². The monoisotopic (exact) mass is 596 g/mol. The minimum atomic E-state index is -3.19. The average Bonchev–Trinajstić information content (AvgIpc) is 2.70. The van der Waals surface area contributed by atoms with Gasteiger partial charge < -0.3 is 10.1 Å². The molecule has 3 atom stereocenters. The number of rotatable bonds is 10. The second-order valence-corrected chi connectivity index (χ2v) is 11.5. The molecule has 0 aliphatic carbocycles. The molecule has 2 aromatic carbocycles. The first-order valence-corrected chi connectivity index (χ1v) is 12.3. The van der Waals surface area contributed by atoms with Crippen molar-refractivity contribution in [3.8, 4) is 11.8 Å². The Morgan fingerprint density at radius 1 is 1.34 bits per heavy atom. The molecule has 0 saturated carbocycles. The number of benzene rings is 2. The van der Waals surface area contributed by atoms with Crippen LogP contribution in [0.15, 0.2) is 34.8 Å². The number of nitrogens with one attached hydrogen (secondary N) is 2. The van der Waals surface area contributed by atoms with Crippen molar-refractivity contribution in [3.63, 3.8) is 0 Å². The molecule has 0 spiro atoms. The average molecular weight is 598 g/mol. The van der Waals surface area contributed by atoms with Gasteiger partial charge in [-0.2, -0.15) is 18.4 Å². The molecule has 190 valence electrons. The summed E-state index contributed by atoms with van der Waals surface area (Å²) in [6, 6.07) is 5.75. The predicted octanol–water partition coefficient (Wildman–Crippen LogP) is 6.24. The highest BCUT2D eigenvalue weighted by atomic mass is 79.9. The van der Waals surface area contributed by atoms with Crippen LogP contribution in [-0.2, 0) is 11.0 Å². The number of hydrogen-bond donors (Lipinski definition) is 2. The highest BCUT2D eigenvalue weighted by molar-refractivity contribution is 9.10. The van der Waals surface area contributed by atoms with E-state index < -0.39 is 50.9 Å². The van der Waals surface area contributed by atoms with Gasteiger partial charge in [0.2, 0.25) is 5.82 Å². The Kier molecular flexibility index (Phi) is 9.91. The zero-order chi connectivity index (χ0) is 26.5. The molecule has 0 amide bonds. The quantitative estimate of drug-likeness (QED) is 0.247. The molecule has 0 fully saturated rings. The second-order valence-electron chi connectivity index (χ2n) is 8.18. The van der Waals surface area contributed by atoms with Gasteiger partial charge in [-0.1, -0.05) is 33.6 Å². The number of nitro groups is 1. The molecule has 0 aliphatic rings. The Morgan fingerprint density at radius 3 is 2.54 bits per heavy atom. The molecule has 0 aromatic heterocycles. The number of anilines is 1. The Hall–Kier alpha value is -2.40. The highest BCUT2D eigenvalue weighted by Crippen LogP contribution is 2.40. The molecule has 2 rings (SSSR count). The Labute approximate surface area is 215 Å². The van der Waals surface area contributed by atoms with E-state index >= 15 is 0 Å². The van der Waals surface area contributed by atoms with E-state index in [-0.39, 0.29) is 32.9 Å². The van der Waals surface area contributed by atoms with Gasteiger partial charge >= 0.3 is 12.3 Å². The van der Waals surface area contributed by atoms with Crippen molar-refractivity contribution in [2.24, 2.45) is 0 Å². The molecule has 2 N–H and O–H groups in total. The van der Waals surface area contributed by atoms with Gasteiger partial charge in [-0.25, -0.2) is 8.93 Å². The van der Waals surface area contributed by atoms with Crippen molar-refractivity contribution < 1.29 is 27.0 Å². The molecule has 14 heteroatoms. The number of halogens is 5. The van der Waals surface area contributed by atoms with E-state index in [9.17, 15) is 32.8 Å². The van der Waals surface area contributed by atoms with Gasteiger partial charge in [0.25, 0.3) is 0 Å². The van der Waals surface area contributed by atoms with Gasteiger partial charge in [-0.15, -0.1) is 0 Å². The van der Waals surface area contributed by atoms with Gasteiger partial charge in [0.1, 0.15) is 17.5 Å². The van der Waals surface area contributed by atoms with Crippen molar-refractivity contribution >= 4 is 49.9 Å². The zero-order valence-electron chi connectivity index (χ0n) is 18.7. The van der Waals surface area contributed by atoms with E-state index in [2.05, 4.69) is 30.7 Å². The summed E-state index contributed by atoms with van der Waals surface area (Å²) in [6.07, 6.45) is -0.230. The van der Waals surface area contributed by atoms with Crippen molar-refractivity contribution in [2.45, 2.75) is 50.6 Å². The number of alkyl halides is 2. The maximum absolute atomic E-state index is 14.4. The van der Waals surface area contributed by atoms with Crippen LogP contribution in [0.1, 0.15) is 38.8 Å². The summed E-state index contributed by atoms with van der Waals surface area (Å²) in [5.74, 6) is -1.51. The largest absolute Gasteiger partial charge is 0.434 e. The lowest BCUT2D eigenvalue weighted by Gasteiger charge is -2.27. The van der Waals surface area contributed by atoms with Crippen LogP contribution >= 0.6 is 27.5 Å². The minimum Gasteiger partial charge on any atom is -0.434 e. The molecule has 0 saturated heterocycles. The molecular formula is C21H21BrClF3N4O4S. The van der Waals surface area contributed by atoms with E-state index in [4.69, 9.17) is 11.6 Å². The number of ether oxygens (including phenoxy) is 1. The van der Waals surface area contributed by atoms with Crippen LogP contribution < -0.4 is 14.8 Å². The molecule has 0 radical (unpaired) electrons. The summed E-state index contributed by atoms with van der Waals surface area (Å²) >= 11 is 9.16. The van der Waals surface area contributed by atoms with Gasteiger partial charge in [-0.05, 0) is 45.0 Å². The van der Waals surface area contributed by atoms with E-state index in [1.54, 1.807) is 20.8 Å². The van der Waals surface area contributed by atoms with Crippen LogP contribution in [0.3, 0.4) is 0 Å². The Bertz CT molecular complexity index is 1160. The highest BCUT2D eigenvalue weighted by Gasteiger charge is 2.31. The fourth-order valence-corrected chi connectivity index (χ4v) is 4.61. The van der Waals surface area contributed by atoms with E-state index in [0.717, 1.165) is 12.1 Å². The molecule has 0 bridgehead atoms. The summed E-state index contributed by atoms with van der Waals surface area (Å²) in [4.78, 5) is 10.6. The second kappa shape index (κ2) is 12.0. The van der Waals surface area contributed by atoms with Crippen LogP contribution in [0.2, 0.25) is 5.02 Å². The van der Waals surface area contributed by atoms with Gasteiger partial charge in [0.05, 0.1) is 32.8 Å². The lowest BCUT2D eigenvalue weighted by atomic mass is 9.98. The van der Waals surface area contributed by atoms with Crippen LogP contribution in [0.5, 0.6) is 5.75 Å². The van der Waals surface area contributed by atoms with Gasteiger partial charge in [0.15, 0.2) is 0 Å². The number of nitro benzene ring substituents is 1. The molecule has 2 aromatic rings. The third-order valence-electron chi connectivity index (χ3n) is 4.55. The normalized spacial score (nSPS) is 14.2. The summed E-state index contributed by atoms with van der Waals surface area (Å²) in [5, 5.41) is 23.8. The standard InChI is InChI=1S/C21H21BrClF3N4O4S/c1-21(2,3)35(33)29-12(10-27)9-15(18-13(22)5-4-6-17(18)34-20(25)26)28-16-8-11(23)7-14(24)19(16)30(31)32/h4-8,12,15,20,28-29H,9H2,1-3H3/t12?,15-,35-/m1/s1. The summed E-state index contributed by atoms with van der Waals surface area (Å²) < 4.78 is 60.0. The third-order valence-corrected chi connectivity index (χ3v) is 7.07. The van der Waals surface area contributed by atoms with Crippen molar-refractivity contribution in [2.75, 3.05) is 5.32 Å². The fourth-order valence-electron chi connectivity index (χ4n) is 3.02. The number of hydrogen-bond acceptors (Lipinski definition) is 6.